The van der Waals surface area contributed by atoms with Gasteiger partial charge in [-0.25, -0.2) is 31.4 Å². The highest BCUT2D eigenvalue weighted by atomic mass is 32.2. The molecule has 22 heteroatoms. The van der Waals surface area contributed by atoms with Gasteiger partial charge in [-0.3, -0.25) is 14.0 Å². The van der Waals surface area contributed by atoms with Crippen molar-refractivity contribution in [2.45, 2.75) is 63.2 Å². The molecule has 0 spiro atoms. The molecule has 75 heavy (non-hydrogen) atoms. The fourth-order valence-electron chi connectivity index (χ4n) is 9.03. The largest absolute Gasteiger partial charge is 0.507 e. The van der Waals surface area contributed by atoms with Gasteiger partial charge in [-0.15, -0.1) is 0 Å². The molecule has 0 fully saturated rings. The average molecular weight is 1080 g/mol. The molecule has 0 unspecified atom stereocenters. The topological polar surface area (TPSA) is 309 Å². The van der Waals surface area contributed by atoms with E-state index < -0.39 is 69.6 Å². The number of sulfonamides is 2. The summed E-state index contributed by atoms with van der Waals surface area (Å²) in [7, 11) is -12.5. The number of hydrogen-bond acceptors (Lipinski definition) is 14. The number of aromatic hydroxyl groups is 2. The summed E-state index contributed by atoms with van der Waals surface area (Å²) in [4.78, 5) is 27.4. The summed E-state index contributed by atoms with van der Waals surface area (Å²) in [6.45, 7) is 11.7. The van der Waals surface area contributed by atoms with Gasteiger partial charge in [0.1, 0.15) is 33.1 Å². The summed E-state index contributed by atoms with van der Waals surface area (Å²) in [5.74, 6) is -4.53. The first-order valence-electron chi connectivity index (χ1n) is 22.5. The van der Waals surface area contributed by atoms with Crippen molar-refractivity contribution in [3.63, 3.8) is 0 Å². The molecule has 0 amide bonds. The van der Waals surface area contributed by atoms with Gasteiger partial charge in [0.25, 0.3) is 30.2 Å². The molecule has 0 bridgehead atoms. The quantitative estimate of drug-likeness (QED) is 0.0371. The summed E-state index contributed by atoms with van der Waals surface area (Å²) in [6, 6.07) is 23.2. The number of aryl methyl sites for hydroxylation is 5. The van der Waals surface area contributed by atoms with E-state index >= 15 is 0 Å². The molecule has 0 aromatic heterocycles. The number of anilines is 4. The fourth-order valence-corrected chi connectivity index (χ4v) is 12.3. The summed E-state index contributed by atoms with van der Waals surface area (Å²) >= 11 is 0. The third-order valence-electron chi connectivity index (χ3n) is 12.6. The molecule has 1 heterocycles. The Labute approximate surface area is 430 Å². The normalized spacial score (nSPS) is 12.3. The Morgan fingerprint density at radius 2 is 1.17 bits per heavy atom. The lowest BCUT2D eigenvalue weighted by atomic mass is 9.93. The minimum atomic E-state index is -4.77. The molecule has 0 saturated carbocycles. The fraction of sp³-hybridized carbons (Fsp3) is 0.151. The molecule has 388 valence electrons. The summed E-state index contributed by atoms with van der Waals surface area (Å²) in [5, 5.41) is 44.0. The van der Waals surface area contributed by atoms with E-state index in [9.17, 15) is 59.8 Å². The van der Waals surface area contributed by atoms with Gasteiger partial charge in [0, 0.05) is 51.7 Å². The summed E-state index contributed by atoms with van der Waals surface area (Å²) in [6.07, 6.45) is 0. The van der Waals surface area contributed by atoms with Gasteiger partial charge in [-0.2, -0.15) is 8.42 Å². The van der Waals surface area contributed by atoms with Gasteiger partial charge in [0.15, 0.2) is 11.5 Å². The zero-order valence-electron chi connectivity index (χ0n) is 41.2. The number of benzene rings is 7. The van der Waals surface area contributed by atoms with Crippen molar-refractivity contribution in [3.05, 3.63) is 152 Å². The lowest BCUT2D eigenvalue weighted by molar-refractivity contribution is 0.0681. The van der Waals surface area contributed by atoms with Crippen LogP contribution in [0, 0.1) is 48.5 Å². The van der Waals surface area contributed by atoms with Crippen LogP contribution in [-0.4, -0.2) is 69.3 Å². The van der Waals surface area contributed by atoms with Gasteiger partial charge < -0.3 is 34.9 Å². The molecule has 8 rings (SSSR count). The molecular weight excluding hydrogens is 1030 g/mol. The minimum Gasteiger partial charge on any atom is -0.507 e. The SMILES string of the molecule is COc1cc(S(=O)(=O)Nc2c(C)cc(C)c(Nc3ccc4c(-c5ccccc5S(=O)(=O)O)c5ccc(=Nc6c(C)cc(C)c(NS(=O)(=O)c7cc(C)c(O)c(C(=O)O)c7)c6C)cc-5oc4c3)c2C)cc(C(=O)O)c1O. The minimum absolute atomic E-state index is 0.0414. The molecule has 2 aliphatic rings. The van der Waals surface area contributed by atoms with Gasteiger partial charge in [-0.1, -0.05) is 30.3 Å². The molecule has 6 aromatic carbocycles. The van der Waals surface area contributed by atoms with E-state index in [-0.39, 0.29) is 49.4 Å². The van der Waals surface area contributed by atoms with Gasteiger partial charge in [0.05, 0.1) is 39.3 Å². The zero-order valence-corrected chi connectivity index (χ0v) is 43.7. The highest BCUT2D eigenvalue weighted by molar-refractivity contribution is 7.93. The predicted molar refractivity (Wildman–Crippen MR) is 281 cm³/mol. The van der Waals surface area contributed by atoms with Crippen LogP contribution in [0.4, 0.5) is 28.4 Å². The second-order valence-electron chi connectivity index (χ2n) is 17.8. The van der Waals surface area contributed by atoms with Crippen molar-refractivity contribution in [1.82, 2.24) is 0 Å². The van der Waals surface area contributed by atoms with E-state index in [1.807, 2.05) is 6.92 Å². The third-order valence-corrected chi connectivity index (χ3v) is 16.2. The van der Waals surface area contributed by atoms with Crippen LogP contribution >= 0.6 is 0 Å². The number of carboxylic acid groups (broad SMARTS) is 2. The highest BCUT2D eigenvalue weighted by Crippen LogP contribution is 2.44. The van der Waals surface area contributed by atoms with Crippen molar-refractivity contribution in [3.8, 4) is 39.7 Å². The maximum absolute atomic E-state index is 13.9. The Bertz CT molecular complexity index is 4150. The van der Waals surface area contributed by atoms with E-state index in [0.717, 1.165) is 31.4 Å². The van der Waals surface area contributed by atoms with Gasteiger partial charge in [-0.05, 0) is 136 Å². The van der Waals surface area contributed by atoms with E-state index in [1.165, 1.54) is 19.1 Å². The molecule has 0 saturated heterocycles. The second kappa shape index (κ2) is 19.4. The lowest BCUT2D eigenvalue weighted by Gasteiger charge is -2.21. The smallest absolute Gasteiger partial charge is 0.339 e. The van der Waals surface area contributed by atoms with Crippen LogP contribution < -0.4 is 24.9 Å². The second-order valence-corrected chi connectivity index (χ2v) is 22.6. The standard InChI is InChI=1S/C53H48N4O15S3/c1-25-17-27(3)48(56-73(64,65)34-19-29(5)50(58)39(22-34)52(60)61)30(6)46(25)54-32-13-15-36-41(20-32)72-42-21-33(14-16-37(42)45(36)38-11-9-10-12-44(38)75(68,69)70)55-47-26(2)18-28(4)49(31(47)7)57-74(66,67)35-23-40(53(62)63)51(59)43(24-35)71-8/h9-24,55-59H,1-8H3,(H,60,61)(H,62,63)(H,68,69,70). The van der Waals surface area contributed by atoms with Crippen LogP contribution in [0.15, 0.2) is 121 Å². The van der Waals surface area contributed by atoms with Crippen LogP contribution in [0.5, 0.6) is 17.2 Å². The lowest BCUT2D eigenvalue weighted by Crippen LogP contribution is -2.16. The maximum atomic E-state index is 13.9. The summed E-state index contributed by atoms with van der Waals surface area (Å²) < 4.78 is 108. The molecule has 8 N–H and O–H groups in total. The predicted octanol–water partition coefficient (Wildman–Crippen LogP) is 10.0. The number of phenols is 2. The van der Waals surface area contributed by atoms with Crippen LogP contribution in [0.2, 0.25) is 0 Å². The Morgan fingerprint density at radius 3 is 1.79 bits per heavy atom. The van der Waals surface area contributed by atoms with E-state index in [2.05, 4.69) is 14.8 Å². The van der Waals surface area contributed by atoms with E-state index in [4.69, 9.17) is 14.1 Å². The number of carboxylic acids is 2. The Hall–Kier alpha value is -8.44. The van der Waals surface area contributed by atoms with Crippen LogP contribution in [-0.2, 0) is 30.2 Å². The summed E-state index contributed by atoms with van der Waals surface area (Å²) in [5.41, 5.74) is 4.95. The molecule has 1 aliphatic carbocycles. The van der Waals surface area contributed by atoms with Crippen molar-refractivity contribution in [2.75, 3.05) is 21.9 Å². The number of nitrogens with zero attached hydrogens (tertiary/aromatic N) is 1. The number of hydrogen-bond donors (Lipinski definition) is 8. The van der Waals surface area contributed by atoms with Crippen molar-refractivity contribution < 1.29 is 69.0 Å². The first-order chi connectivity index (χ1) is 35.1. The molecule has 19 nitrogen and oxygen atoms in total. The molecule has 0 radical (unpaired) electrons. The number of carbonyl (C=O) groups is 2. The number of fused-ring (bicyclic) bond motifs is 2. The highest BCUT2D eigenvalue weighted by Gasteiger charge is 2.28. The Morgan fingerprint density at radius 1 is 0.600 bits per heavy atom. The first-order valence-corrected chi connectivity index (χ1v) is 26.9. The molecule has 1 aliphatic heterocycles. The number of methoxy groups -OCH3 is 1. The Balaban J connectivity index is 1.25. The number of rotatable bonds is 14. The maximum Gasteiger partial charge on any atom is 0.339 e. The number of ether oxygens (including phenoxy) is 1. The van der Waals surface area contributed by atoms with Gasteiger partial charge >= 0.3 is 11.9 Å². The van der Waals surface area contributed by atoms with E-state index in [1.54, 1.807) is 95.3 Å². The van der Waals surface area contributed by atoms with Crippen molar-refractivity contribution in [1.29, 1.82) is 0 Å². The first kappa shape index (κ1) is 52.9. The van der Waals surface area contributed by atoms with E-state index in [0.29, 0.717) is 72.3 Å². The van der Waals surface area contributed by atoms with Crippen LogP contribution in [0.3, 0.4) is 0 Å². The average Bonchev–Trinajstić information content (AvgIpc) is 3.33. The monoisotopic (exact) mass is 1080 g/mol. The van der Waals surface area contributed by atoms with Crippen molar-refractivity contribution in [2.24, 2.45) is 4.99 Å². The molecule has 6 aromatic rings. The van der Waals surface area contributed by atoms with Gasteiger partial charge in [0.2, 0.25) is 0 Å². The Kier molecular flexibility index (Phi) is 13.7. The molecule has 0 atom stereocenters. The van der Waals surface area contributed by atoms with Crippen LogP contribution in [0.1, 0.15) is 59.7 Å². The molecular formula is C53H48N4O15S3. The number of aromatic carboxylic acids is 2. The van der Waals surface area contributed by atoms with Crippen molar-refractivity contribution >= 4 is 81.5 Å². The third kappa shape index (κ3) is 10.0. The van der Waals surface area contributed by atoms with Crippen LogP contribution in [0.25, 0.3) is 33.4 Å². The number of nitrogens with one attached hydrogen (secondary N) is 3. The zero-order chi connectivity index (χ0) is 54.8.